The van der Waals surface area contributed by atoms with Gasteiger partial charge in [0.2, 0.25) is 5.91 Å². The number of anilines is 2. The van der Waals surface area contributed by atoms with Gasteiger partial charge in [0.25, 0.3) is 0 Å². The number of rotatable bonds is 7. The number of carbonyl (C=O) groups excluding carboxylic acids is 2. The Balaban J connectivity index is 1.75. The number of carbonyl (C=O) groups is 2. The SMILES string of the molecule is CN(C)CCCNC(=O)CN1c2ccccc2NC2=C(C(=O)CC(C)(C)C2)[C@@H]1c1ccccc1. The molecule has 0 unspecified atom stereocenters. The van der Waals surface area contributed by atoms with Crippen molar-refractivity contribution in [1.82, 2.24) is 10.2 Å². The number of nitrogens with one attached hydrogen (secondary N) is 2. The van der Waals surface area contributed by atoms with Crippen molar-refractivity contribution in [2.45, 2.75) is 39.2 Å². The van der Waals surface area contributed by atoms with Gasteiger partial charge in [-0.2, -0.15) is 0 Å². The number of allylic oxidation sites excluding steroid dienone is 1. The second-order valence-corrected chi connectivity index (χ2v) is 10.4. The summed E-state index contributed by atoms with van der Waals surface area (Å²) in [5.41, 5.74) is 4.51. The predicted molar refractivity (Wildman–Crippen MR) is 138 cm³/mol. The van der Waals surface area contributed by atoms with Gasteiger partial charge in [0.15, 0.2) is 5.78 Å². The maximum Gasteiger partial charge on any atom is 0.239 e. The highest BCUT2D eigenvalue weighted by Gasteiger charge is 2.41. The molecule has 6 heteroatoms. The second-order valence-electron chi connectivity index (χ2n) is 10.4. The first-order valence-electron chi connectivity index (χ1n) is 12.1. The van der Waals surface area contributed by atoms with Gasteiger partial charge in [-0.15, -0.1) is 0 Å². The van der Waals surface area contributed by atoms with Crippen molar-refractivity contribution < 1.29 is 9.59 Å². The fourth-order valence-corrected chi connectivity index (χ4v) is 5.04. The number of fused-ring (bicyclic) bond motifs is 1. The number of ketones is 1. The molecule has 34 heavy (non-hydrogen) atoms. The van der Waals surface area contributed by atoms with Crippen LogP contribution in [0.2, 0.25) is 0 Å². The number of benzene rings is 2. The van der Waals surface area contributed by atoms with Gasteiger partial charge in [-0.05, 0) is 56.6 Å². The van der Waals surface area contributed by atoms with Crippen LogP contribution in [0.4, 0.5) is 11.4 Å². The van der Waals surface area contributed by atoms with Crippen LogP contribution in [0.15, 0.2) is 65.9 Å². The summed E-state index contributed by atoms with van der Waals surface area (Å²) in [5, 5.41) is 6.67. The van der Waals surface area contributed by atoms with Crippen LogP contribution in [-0.4, -0.2) is 50.3 Å². The summed E-state index contributed by atoms with van der Waals surface area (Å²) in [6.07, 6.45) is 2.18. The number of para-hydroxylation sites is 2. The second kappa shape index (κ2) is 10.0. The summed E-state index contributed by atoms with van der Waals surface area (Å²) in [4.78, 5) is 30.9. The maximum atomic E-state index is 13.6. The van der Waals surface area contributed by atoms with E-state index >= 15 is 0 Å². The van der Waals surface area contributed by atoms with E-state index in [1.807, 2.05) is 56.6 Å². The number of hydrogen-bond donors (Lipinski definition) is 2. The number of amides is 1. The van der Waals surface area contributed by atoms with E-state index in [0.717, 1.165) is 47.6 Å². The average Bonchev–Trinajstić information content (AvgIpc) is 2.91. The van der Waals surface area contributed by atoms with Gasteiger partial charge in [0.05, 0.1) is 24.0 Å². The molecule has 0 radical (unpaired) electrons. The van der Waals surface area contributed by atoms with Gasteiger partial charge in [-0.3, -0.25) is 9.59 Å². The monoisotopic (exact) mass is 460 g/mol. The van der Waals surface area contributed by atoms with Crippen LogP contribution in [0.1, 0.15) is 44.7 Å². The Kier molecular flexibility index (Phi) is 7.08. The van der Waals surface area contributed by atoms with Gasteiger partial charge in [-0.1, -0.05) is 56.3 Å². The van der Waals surface area contributed by atoms with Crippen molar-refractivity contribution >= 4 is 23.1 Å². The molecule has 2 aromatic rings. The average molecular weight is 461 g/mol. The molecule has 1 aliphatic carbocycles. The molecule has 0 saturated carbocycles. The Bertz CT molecular complexity index is 1070. The highest BCUT2D eigenvalue weighted by Crippen LogP contribution is 2.48. The molecule has 0 aromatic heterocycles. The third kappa shape index (κ3) is 5.33. The van der Waals surface area contributed by atoms with Crippen molar-refractivity contribution in [3.8, 4) is 0 Å². The highest BCUT2D eigenvalue weighted by atomic mass is 16.2. The zero-order valence-corrected chi connectivity index (χ0v) is 20.7. The van der Waals surface area contributed by atoms with Crippen molar-refractivity contribution in [3.05, 3.63) is 71.4 Å². The van der Waals surface area contributed by atoms with Gasteiger partial charge in [0, 0.05) is 24.2 Å². The molecule has 0 bridgehead atoms. The van der Waals surface area contributed by atoms with E-state index in [-0.39, 0.29) is 29.7 Å². The third-order valence-electron chi connectivity index (χ3n) is 6.54. The topological polar surface area (TPSA) is 64.7 Å². The standard InChI is InChI=1S/C28H36N4O2/c1-28(2)17-22-26(24(33)18-28)27(20-11-6-5-7-12-20)32(23-14-9-8-13-21(23)30-22)19-25(34)29-15-10-16-31(3)4/h5-9,11-14,27,30H,10,15-19H2,1-4H3,(H,29,34)/t27-/m0/s1. The molecule has 1 aliphatic heterocycles. The molecule has 2 N–H and O–H groups in total. The summed E-state index contributed by atoms with van der Waals surface area (Å²) in [6.45, 7) is 6.01. The molecule has 0 spiro atoms. The van der Waals surface area contributed by atoms with Gasteiger partial charge < -0.3 is 20.4 Å². The minimum Gasteiger partial charge on any atom is -0.357 e. The first-order chi connectivity index (χ1) is 16.2. The van der Waals surface area contributed by atoms with E-state index in [2.05, 4.69) is 46.4 Å². The first kappa shape index (κ1) is 24.0. The summed E-state index contributed by atoms with van der Waals surface area (Å²) < 4.78 is 0. The molecule has 4 rings (SSSR count). The molecule has 0 saturated heterocycles. The van der Waals surface area contributed by atoms with E-state index in [0.29, 0.717) is 13.0 Å². The molecule has 6 nitrogen and oxygen atoms in total. The zero-order chi connectivity index (χ0) is 24.3. The van der Waals surface area contributed by atoms with Crippen molar-refractivity contribution in [2.75, 3.05) is 43.9 Å². The van der Waals surface area contributed by atoms with E-state index in [1.165, 1.54) is 0 Å². The fourth-order valence-electron chi connectivity index (χ4n) is 5.04. The van der Waals surface area contributed by atoms with E-state index in [1.54, 1.807) is 0 Å². The first-order valence-corrected chi connectivity index (χ1v) is 12.1. The molecule has 2 aromatic carbocycles. The lowest BCUT2D eigenvalue weighted by molar-refractivity contribution is -0.120. The molecule has 0 fully saturated rings. The van der Waals surface area contributed by atoms with E-state index < -0.39 is 0 Å². The Morgan fingerprint density at radius 2 is 1.79 bits per heavy atom. The van der Waals surface area contributed by atoms with Crippen LogP contribution in [0.25, 0.3) is 0 Å². The van der Waals surface area contributed by atoms with Crippen molar-refractivity contribution in [2.24, 2.45) is 5.41 Å². The van der Waals surface area contributed by atoms with Crippen LogP contribution in [0, 0.1) is 5.41 Å². The Morgan fingerprint density at radius 1 is 1.09 bits per heavy atom. The summed E-state index contributed by atoms with van der Waals surface area (Å²) in [5.74, 6) is 0.110. The largest absolute Gasteiger partial charge is 0.357 e. The summed E-state index contributed by atoms with van der Waals surface area (Å²) in [7, 11) is 4.06. The Labute approximate surface area is 203 Å². The highest BCUT2D eigenvalue weighted by molar-refractivity contribution is 6.01. The summed E-state index contributed by atoms with van der Waals surface area (Å²) >= 11 is 0. The van der Waals surface area contributed by atoms with Crippen LogP contribution < -0.4 is 15.5 Å². The fraction of sp³-hybridized carbons (Fsp3) is 0.429. The quantitative estimate of drug-likeness (QED) is 0.601. The number of Topliss-reactive ketones (excluding diaryl/α,β-unsaturated/α-hetero) is 1. The number of hydrogen-bond acceptors (Lipinski definition) is 5. The van der Waals surface area contributed by atoms with Crippen LogP contribution in [0.3, 0.4) is 0 Å². The van der Waals surface area contributed by atoms with Crippen LogP contribution in [0.5, 0.6) is 0 Å². The molecular weight excluding hydrogens is 424 g/mol. The predicted octanol–water partition coefficient (Wildman–Crippen LogP) is 4.37. The zero-order valence-electron chi connectivity index (χ0n) is 20.7. The van der Waals surface area contributed by atoms with Crippen molar-refractivity contribution in [1.29, 1.82) is 0 Å². The number of nitrogens with zero attached hydrogens (tertiary/aromatic N) is 2. The summed E-state index contributed by atoms with van der Waals surface area (Å²) in [6, 6.07) is 17.8. The molecule has 1 atom stereocenters. The maximum absolute atomic E-state index is 13.6. The van der Waals surface area contributed by atoms with E-state index in [9.17, 15) is 9.59 Å². The van der Waals surface area contributed by atoms with Gasteiger partial charge >= 0.3 is 0 Å². The van der Waals surface area contributed by atoms with Gasteiger partial charge in [0.1, 0.15) is 0 Å². The minimum absolute atomic E-state index is 0.0397. The van der Waals surface area contributed by atoms with Crippen molar-refractivity contribution in [3.63, 3.8) is 0 Å². The lowest BCUT2D eigenvalue weighted by Crippen LogP contribution is -2.42. The lowest BCUT2D eigenvalue weighted by atomic mass is 9.73. The molecule has 180 valence electrons. The Hall–Kier alpha value is -3.12. The lowest BCUT2D eigenvalue weighted by Gasteiger charge is -2.37. The molecule has 1 heterocycles. The smallest absolute Gasteiger partial charge is 0.239 e. The minimum atomic E-state index is -0.330. The Morgan fingerprint density at radius 3 is 2.53 bits per heavy atom. The van der Waals surface area contributed by atoms with Crippen LogP contribution in [-0.2, 0) is 9.59 Å². The molecule has 2 aliphatic rings. The van der Waals surface area contributed by atoms with Crippen LogP contribution >= 0.6 is 0 Å². The normalized spacial score (nSPS) is 19.3. The van der Waals surface area contributed by atoms with E-state index in [4.69, 9.17) is 0 Å². The third-order valence-corrected chi connectivity index (χ3v) is 6.54. The molecule has 1 amide bonds. The molecular formula is C28H36N4O2. The van der Waals surface area contributed by atoms with Gasteiger partial charge in [-0.25, -0.2) is 0 Å².